The Morgan fingerprint density at radius 3 is 1.79 bits per heavy atom. The second kappa shape index (κ2) is 5.67. The number of hydrogen-bond acceptors (Lipinski definition) is 0. The van der Waals surface area contributed by atoms with Crippen molar-refractivity contribution >= 4 is 81.4 Å². The van der Waals surface area contributed by atoms with Gasteiger partial charge in [0.25, 0.3) is 0 Å². The number of benzene rings is 6. The van der Waals surface area contributed by atoms with Crippen LogP contribution in [0.5, 0.6) is 0 Å². The lowest BCUT2D eigenvalue weighted by molar-refractivity contribution is 1.38. The molecule has 0 aliphatic carbocycles. The molecule has 0 bridgehead atoms. The molecule has 0 aliphatic heterocycles. The highest BCUT2D eigenvalue weighted by atomic mass is 14.9. The number of para-hydroxylation sites is 1. The van der Waals surface area contributed by atoms with Crippen LogP contribution in [0.15, 0.2) is 103 Å². The fourth-order valence-corrected chi connectivity index (χ4v) is 6.29. The van der Waals surface area contributed by atoms with Crippen LogP contribution in [-0.2, 0) is 0 Å². The number of hydrogen-bond donors (Lipinski definition) is 1. The summed E-state index contributed by atoms with van der Waals surface area (Å²) >= 11 is 0. The average Bonchev–Trinajstić information content (AvgIpc) is 3.51. The summed E-state index contributed by atoms with van der Waals surface area (Å²) in [6.07, 6.45) is 0. The summed E-state index contributed by atoms with van der Waals surface area (Å²) in [5.41, 5.74) is 6.29. The van der Waals surface area contributed by atoms with E-state index in [9.17, 15) is 0 Å². The minimum absolute atomic E-state index is 1.19. The van der Waals surface area contributed by atoms with Crippen molar-refractivity contribution in [2.75, 3.05) is 0 Å². The Labute approximate surface area is 194 Å². The summed E-state index contributed by atoms with van der Waals surface area (Å²) in [5, 5.41) is 13.0. The molecule has 0 aliphatic rings. The van der Waals surface area contributed by atoms with E-state index in [1.54, 1.807) is 0 Å². The molecule has 0 radical (unpaired) electrons. The van der Waals surface area contributed by atoms with Gasteiger partial charge in [0.15, 0.2) is 0 Å². The molecule has 3 heterocycles. The Morgan fingerprint density at radius 1 is 0.471 bits per heavy atom. The molecule has 9 rings (SSSR count). The van der Waals surface area contributed by atoms with Crippen molar-refractivity contribution in [3.8, 4) is 0 Å². The van der Waals surface area contributed by atoms with E-state index in [2.05, 4.69) is 113 Å². The number of nitrogens with one attached hydrogen (secondary N) is 1. The van der Waals surface area contributed by atoms with Gasteiger partial charge in [-0.15, -0.1) is 0 Å². The summed E-state index contributed by atoms with van der Waals surface area (Å²) in [7, 11) is 0. The van der Waals surface area contributed by atoms with Gasteiger partial charge in [-0.2, -0.15) is 0 Å². The maximum atomic E-state index is 3.78. The summed E-state index contributed by atoms with van der Waals surface area (Å²) in [4.78, 5) is 3.78. The van der Waals surface area contributed by atoms with E-state index in [1.165, 1.54) is 81.4 Å². The van der Waals surface area contributed by atoms with Gasteiger partial charge in [0.1, 0.15) is 0 Å². The number of fused-ring (bicyclic) bond motifs is 12. The first-order chi connectivity index (χ1) is 16.8. The molecule has 1 N–H and O–H groups in total. The quantitative estimate of drug-likeness (QED) is 0.248. The van der Waals surface area contributed by atoms with Gasteiger partial charge in [0.2, 0.25) is 0 Å². The zero-order valence-electron chi connectivity index (χ0n) is 18.3. The number of aromatic amines is 1. The molecule has 0 amide bonds. The van der Waals surface area contributed by atoms with Crippen LogP contribution in [0.3, 0.4) is 0 Å². The van der Waals surface area contributed by atoms with Crippen molar-refractivity contribution in [1.29, 1.82) is 0 Å². The van der Waals surface area contributed by atoms with E-state index in [1.807, 2.05) is 0 Å². The first kappa shape index (κ1) is 17.0. The number of H-pyrrole nitrogens is 1. The third kappa shape index (κ3) is 1.90. The minimum atomic E-state index is 1.19. The predicted octanol–water partition coefficient (Wildman–Crippen LogP) is 8.78. The van der Waals surface area contributed by atoms with E-state index in [0.717, 1.165) is 0 Å². The predicted molar refractivity (Wildman–Crippen MR) is 145 cm³/mol. The van der Waals surface area contributed by atoms with Crippen LogP contribution in [0.2, 0.25) is 0 Å². The highest BCUT2D eigenvalue weighted by Gasteiger charge is 2.22. The molecular weight excluding hydrogens is 412 g/mol. The van der Waals surface area contributed by atoms with Crippen molar-refractivity contribution in [3.05, 3.63) is 103 Å². The molecule has 2 heteroatoms. The summed E-state index contributed by atoms with van der Waals surface area (Å²) in [5.74, 6) is 0. The van der Waals surface area contributed by atoms with Crippen molar-refractivity contribution < 1.29 is 0 Å². The summed E-state index contributed by atoms with van der Waals surface area (Å²) in [6.45, 7) is 0. The van der Waals surface area contributed by atoms with Crippen LogP contribution in [0, 0.1) is 0 Å². The van der Waals surface area contributed by atoms with Crippen LogP contribution < -0.4 is 0 Å². The highest BCUT2D eigenvalue weighted by Crippen LogP contribution is 2.45. The molecule has 0 atom stereocenters. The van der Waals surface area contributed by atoms with E-state index in [-0.39, 0.29) is 0 Å². The number of aromatic nitrogens is 2. The van der Waals surface area contributed by atoms with Crippen molar-refractivity contribution in [1.82, 2.24) is 9.38 Å². The molecule has 9 aromatic rings. The van der Waals surface area contributed by atoms with Crippen LogP contribution in [0.25, 0.3) is 81.4 Å². The largest absolute Gasteiger partial charge is 0.354 e. The molecule has 0 unspecified atom stereocenters. The van der Waals surface area contributed by atoms with E-state index < -0.39 is 0 Å². The third-order valence-electron chi connectivity index (χ3n) is 7.77. The second-order valence-corrected chi connectivity index (χ2v) is 9.51. The molecule has 156 valence electrons. The first-order valence-corrected chi connectivity index (χ1v) is 11.8. The van der Waals surface area contributed by atoms with Gasteiger partial charge in [0.05, 0.1) is 22.1 Å². The van der Waals surface area contributed by atoms with Crippen molar-refractivity contribution in [2.45, 2.75) is 0 Å². The molecular formula is C32H18N2. The lowest BCUT2D eigenvalue weighted by Gasteiger charge is -2.03. The van der Waals surface area contributed by atoms with Crippen molar-refractivity contribution in [3.63, 3.8) is 0 Å². The normalized spacial score (nSPS) is 12.7. The Kier molecular flexibility index (Phi) is 2.83. The average molecular weight is 431 g/mol. The monoisotopic (exact) mass is 430 g/mol. The third-order valence-corrected chi connectivity index (χ3v) is 7.77. The Morgan fingerprint density at radius 2 is 1.06 bits per heavy atom. The first-order valence-electron chi connectivity index (χ1n) is 11.8. The maximum Gasteiger partial charge on any atom is 0.0641 e. The molecule has 0 saturated carbocycles. The van der Waals surface area contributed by atoms with Gasteiger partial charge in [-0.1, -0.05) is 66.7 Å². The fraction of sp³-hybridized carbons (Fsp3) is 0. The topological polar surface area (TPSA) is 20.2 Å². The lowest BCUT2D eigenvalue weighted by Crippen LogP contribution is -1.82. The van der Waals surface area contributed by atoms with E-state index >= 15 is 0 Å². The number of nitrogens with zero attached hydrogens (tertiary/aromatic N) is 1. The zero-order valence-corrected chi connectivity index (χ0v) is 18.3. The molecule has 6 aromatic carbocycles. The van der Waals surface area contributed by atoms with Gasteiger partial charge >= 0.3 is 0 Å². The Bertz CT molecular complexity index is 2270. The van der Waals surface area contributed by atoms with E-state index in [4.69, 9.17) is 0 Å². The highest BCUT2D eigenvalue weighted by molar-refractivity contribution is 6.34. The van der Waals surface area contributed by atoms with Gasteiger partial charge in [-0.05, 0) is 57.9 Å². The molecule has 34 heavy (non-hydrogen) atoms. The fourth-order valence-electron chi connectivity index (χ4n) is 6.29. The van der Waals surface area contributed by atoms with Gasteiger partial charge in [0, 0.05) is 37.8 Å². The minimum Gasteiger partial charge on any atom is -0.354 e. The van der Waals surface area contributed by atoms with Gasteiger partial charge in [-0.3, -0.25) is 0 Å². The van der Waals surface area contributed by atoms with Crippen LogP contribution in [0.4, 0.5) is 0 Å². The Hall–Kier alpha value is -4.56. The number of rotatable bonds is 0. The molecule has 0 fully saturated rings. The summed E-state index contributed by atoms with van der Waals surface area (Å²) < 4.78 is 2.50. The lowest BCUT2D eigenvalue weighted by atomic mass is 10.0. The van der Waals surface area contributed by atoms with Gasteiger partial charge < -0.3 is 9.38 Å². The SMILES string of the molecule is c1ccc2cc3c(cc2c1)c1cc2c4ccccc4[nH]c2c2c4cc5ccccc5cc4n3c12. The zero-order chi connectivity index (χ0) is 22.0. The van der Waals surface area contributed by atoms with Crippen LogP contribution >= 0.6 is 0 Å². The smallest absolute Gasteiger partial charge is 0.0641 e. The molecule has 0 saturated heterocycles. The second-order valence-electron chi connectivity index (χ2n) is 9.51. The summed E-state index contributed by atoms with van der Waals surface area (Å²) in [6, 6.07) is 37.9. The molecule has 3 aromatic heterocycles. The van der Waals surface area contributed by atoms with Crippen molar-refractivity contribution in [2.24, 2.45) is 0 Å². The maximum absolute atomic E-state index is 3.78. The van der Waals surface area contributed by atoms with Crippen LogP contribution in [0.1, 0.15) is 0 Å². The Balaban J connectivity index is 1.67. The van der Waals surface area contributed by atoms with Gasteiger partial charge in [-0.25, -0.2) is 0 Å². The molecule has 2 nitrogen and oxygen atoms in total. The van der Waals surface area contributed by atoms with Crippen LogP contribution in [-0.4, -0.2) is 9.38 Å². The standard InChI is InChI=1S/C32H18N2/c1-3-9-20-15-28-23(13-18(20)7-1)25-17-24-22-11-5-6-12-27(22)33-31(24)30-26-14-19-8-2-4-10-21(19)16-29(26)34(28)32(25)30/h1-17,33H. The molecule has 0 spiro atoms. The van der Waals surface area contributed by atoms with E-state index in [0.29, 0.717) is 0 Å².